The summed E-state index contributed by atoms with van der Waals surface area (Å²) < 4.78 is 10.4. The Kier molecular flexibility index (Phi) is 8.39. The highest BCUT2D eigenvalue weighted by Gasteiger charge is 2.16. The van der Waals surface area contributed by atoms with Crippen LogP contribution in [0.1, 0.15) is 42.3 Å². The smallest absolute Gasteiger partial charge is 0.412 e. The summed E-state index contributed by atoms with van der Waals surface area (Å²) in [6.45, 7) is 5.75. The number of amides is 3. The van der Waals surface area contributed by atoms with Crippen molar-refractivity contribution in [2.24, 2.45) is 0 Å². The van der Waals surface area contributed by atoms with Crippen molar-refractivity contribution in [3.8, 4) is 0 Å². The predicted octanol–water partition coefficient (Wildman–Crippen LogP) is 5.11. The van der Waals surface area contributed by atoms with Crippen molar-refractivity contribution < 1.29 is 23.9 Å². The molecule has 0 saturated carbocycles. The number of pyridine rings is 1. The monoisotopic (exact) mass is 476 g/mol. The van der Waals surface area contributed by atoms with E-state index in [1.807, 2.05) is 6.07 Å². The van der Waals surface area contributed by atoms with E-state index in [0.717, 1.165) is 11.1 Å². The topological polar surface area (TPSA) is 119 Å². The number of aromatic nitrogens is 1. The maximum absolute atomic E-state index is 12.5. The molecule has 0 saturated heterocycles. The molecule has 9 nitrogen and oxygen atoms in total. The van der Waals surface area contributed by atoms with Crippen molar-refractivity contribution >= 4 is 29.5 Å². The molecule has 3 amide bonds. The van der Waals surface area contributed by atoms with E-state index in [-0.39, 0.29) is 12.5 Å². The van der Waals surface area contributed by atoms with Gasteiger partial charge in [0.05, 0.1) is 0 Å². The molecular weight excluding hydrogens is 448 g/mol. The first-order valence-electron chi connectivity index (χ1n) is 11.0. The van der Waals surface area contributed by atoms with Gasteiger partial charge in [-0.3, -0.25) is 15.1 Å². The summed E-state index contributed by atoms with van der Waals surface area (Å²) in [7, 11) is 0. The average Bonchev–Trinajstić information content (AvgIpc) is 2.82. The number of rotatable bonds is 7. The lowest BCUT2D eigenvalue weighted by molar-refractivity contribution is 0.0635. The molecule has 3 N–H and O–H groups in total. The number of ether oxygens (including phenoxy) is 2. The Morgan fingerprint density at radius 1 is 0.829 bits per heavy atom. The molecule has 0 aliphatic heterocycles. The fourth-order valence-corrected chi connectivity index (χ4v) is 2.89. The molecule has 0 fully saturated rings. The molecule has 0 aliphatic carbocycles. The Morgan fingerprint density at radius 2 is 1.49 bits per heavy atom. The normalized spacial score (nSPS) is 10.7. The number of benzene rings is 2. The SMILES string of the molecule is CC(C)(C)OC(=O)Nc1ccc(NC(=O)c2ccc(COC(=O)NCc3cccnc3)cc2)cc1. The van der Waals surface area contributed by atoms with Gasteiger partial charge < -0.3 is 20.1 Å². The van der Waals surface area contributed by atoms with Crippen LogP contribution in [0.2, 0.25) is 0 Å². The molecule has 3 rings (SSSR count). The second-order valence-electron chi connectivity index (χ2n) is 8.65. The summed E-state index contributed by atoms with van der Waals surface area (Å²) in [6, 6.07) is 17.1. The molecule has 1 aromatic heterocycles. The lowest BCUT2D eigenvalue weighted by atomic mass is 10.1. The number of carbonyl (C=O) groups excluding carboxylic acids is 3. The average molecular weight is 477 g/mol. The molecule has 0 bridgehead atoms. The molecule has 182 valence electrons. The summed E-state index contributed by atoms with van der Waals surface area (Å²) in [6.07, 6.45) is 2.23. The van der Waals surface area contributed by atoms with Crippen LogP contribution in [-0.2, 0) is 22.6 Å². The van der Waals surface area contributed by atoms with Crippen molar-refractivity contribution in [3.63, 3.8) is 0 Å². The molecule has 35 heavy (non-hydrogen) atoms. The number of carbonyl (C=O) groups is 3. The first-order chi connectivity index (χ1) is 16.7. The maximum atomic E-state index is 12.5. The van der Waals surface area contributed by atoms with E-state index in [0.29, 0.717) is 23.5 Å². The van der Waals surface area contributed by atoms with E-state index in [4.69, 9.17) is 9.47 Å². The molecule has 0 atom stereocenters. The van der Waals surface area contributed by atoms with Crippen LogP contribution in [0.25, 0.3) is 0 Å². The van der Waals surface area contributed by atoms with Crippen LogP contribution in [-0.4, -0.2) is 28.7 Å². The van der Waals surface area contributed by atoms with Gasteiger partial charge in [0.15, 0.2) is 0 Å². The number of nitrogens with one attached hydrogen (secondary N) is 3. The number of anilines is 2. The highest BCUT2D eigenvalue weighted by molar-refractivity contribution is 6.04. The Hall–Kier alpha value is -4.40. The zero-order valence-electron chi connectivity index (χ0n) is 19.8. The molecule has 0 unspecified atom stereocenters. The molecule has 1 heterocycles. The van der Waals surface area contributed by atoms with Gasteiger partial charge in [-0.2, -0.15) is 0 Å². The number of hydrogen-bond donors (Lipinski definition) is 3. The molecule has 3 aromatic rings. The van der Waals surface area contributed by atoms with Crippen molar-refractivity contribution in [3.05, 3.63) is 89.7 Å². The van der Waals surface area contributed by atoms with E-state index in [9.17, 15) is 14.4 Å². The van der Waals surface area contributed by atoms with Crippen LogP contribution in [0.5, 0.6) is 0 Å². The Morgan fingerprint density at radius 3 is 2.09 bits per heavy atom. The van der Waals surface area contributed by atoms with Crippen molar-refractivity contribution in [1.82, 2.24) is 10.3 Å². The van der Waals surface area contributed by atoms with Gasteiger partial charge >= 0.3 is 12.2 Å². The third-order valence-corrected chi connectivity index (χ3v) is 4.53. The third-order valence-electron chi connectivity index (χ3n) is 4.53. The van der Waals surface area contributed by atoms with E-state index in [2.05, 4.69) is 20.9 Å². The van der Waals surface area contributed by atoms with Crippen LogP contribution >= 0.6 is 0 Å². The molecule has 2 aromatic carbocycles. The highest BCUT2D eigenvalue weighted by atomic mass is 16.6. The molecule has 0 radical (unpaired) electrons. The van der Waals surface area contributed by atoms with Crippen molar-refractivity contribution in [2.75, 3.05) is 10.6 Å². The van der Waals surface area contributed by atoms with Gasteiger partial charge in [-0.05, 0) is 74.4 Å². The van der Waals surface area contributed by atoms with Crippen LogP contribution in [0.15, 0.2) is 73.1 Å². The predicted molar refractivity (Wildman–Crippen MR) is 132 cm³/mol. The Labute approximate surface area is 203 Å². The van der Waals surface area contributed by atoms with Crippen molar-refractivity contribution in [1.29, 1.82) is 0 Å². The fraction of sp³-hybridized carbons (Fsp3) is 0.231. The first-order valence-corrected chi connectivity index (χ1v) is 11.0. The van der Waals surface area contributed by atoms with Crippen LogP contribution in [0, 0.1) is 0 Å². The van der Waals surface area contributed by atoms with E-state index in [1.165, 1.54) is 0 Å². The van der Waals surface area contributed by atoms with E-state index < -0.39 is 17.8 Å². The summed E-state index contributed by atoms with van der Waals surface area (Å²) >= 11 is 0. The Bertz CT molecular complexity index is 1140. The maximum Gasteiger partial charge on any atom is 0.412 e. The van der Waals surface area contributed by atoms with Gasteiger partial charge in [-0.25, -0.2) is 9.59 Å². The summed E-state index contributed by atoms with van der Waals surface area (Å²) in [5, 5.41) is 8.09. The van der Waals surface area contributed by atoms with Crippen LogP contribution in [0.4, 0.5) is 21.0 Å². The molecule has 9 heteroatoms. The second kappa shape index (κ2) is 11.6. The minimum atomic E-state index is -0.591. The minimum Gasteiger partial charge on any atom is -0.445 e. The van der Waals surface area contributed by atoms with Gasteiger partial charge in [-0.1, -0.05) is 18.2 Å². The van der Waals surface area contributed by atoms with Gasteiger partial charge in [0.2, 0.25) is 0 Å². The second-order valence-corrected chi connectivity index (χ2v) is 8.65. The van der Waals surface area contributed by atoms with Crippen LogP contribution < -0.4 is 16.0 Å². The number of hydrogen-bond acceptors (Lipinski definition) is 6. The molecular formula is C26H28N4O5. The van der Waals surface area contributed by atoms with Gasteiger partial charge in [0.1, 0.15) is 12.2 Å². The Balaban J connectivity index is 1.44. The number of nitrogens with zero attached hydrogens (tertiary/aromatic N) is 1. The lowest BCUT2D eigenvalue weighted by Crippen LogP contribution is -2.27. The van der Waals surface area contributed by atoms with Crippen LogP contribution in [0.3, 0.4) is 0 Å². The summed E-state index contributed by atoms with van der Waals surface area (Å²) in [4.78, 5) is 40.2. The number of alkyl carbamates (subject to hydrolysis) is 1. The van der Waals surface area contributed by atoms with Gasteiger partial charge in [0, 0.05) is 35.9 Å². The highest BCUT2D eigenvalue weighted by Crippen LogP contribution is 2.17. The molecule has 0 spiro atoms. The zero-order chi connectivity index (χ0) is 25.3. The minimum absolute atomic E-state index is 0.0763. The van der Waals surface area contributed by atoms with Gasteiger partial charge in [-0.15, -0.1) is 0 Å². The van der Waals surface area contributed by atoms with Gasteiger partial charge in [0.25, 0.3) is 5.91 Å². The lowest BCUT2D eigenvalue weighted by Gasteiger charge is -2.19. The summed E-state index contributed by atoms with van der Waals surface area (Å²) in [5.41, 5.74) is 2.59. The van der Waals surface area contributed by atoms with Crippen molar-refractivity contribution in [2.45, 2.75) is 39.5 Å². The fourth-order valence-electron chi connectivity index (χ4n) is 2.89. The molecule has 0 aliphatic rings. The standard InChI is InChI=1S/C26H28N4O5/c1-26(2,3)35-25(33)30-22-12-10-21(11-13-22)29-23(31)20-8-6-18(7-9-20)17-34-24(32)28-16-19-5-4-14-27-15-19/h4-15H,16-17H2,1-3H3,(H,28,32)(H,29,31)(H,30,33). The summed E-state index contributed by atoms with van der Waals surface area (Å²) in [5.74, 6) is -0.292. The quantitative estimate of drug-likeness (QED) is 0.436. The largest absolute Gasteiger partial charge is 0.445 e. The zero-order valence-corrected chi connectivity index (χ0v) is 19.8. The van der Waals surface area contributed by atoms with E-state index in [1.54, 1.807) is 87.8 Å². The third kappa shape index (κ3) is 8.81. The first kappa shape index (κ1) is 25.2. The van der Waals surface area contributed by atoms with E-state index >= 15 is 0 Å².